The van der Waals surface area contributed by atoms with Crippen molar-refractivity contribution < 1.29 is 14.0 Å². The van der Waals surface area contributed by atoms with E-state index in [1.807, 2.05) is 0 Å². The van der Waals surface area contributed by atoms with Gasteiger partial charge in [0.25, 0.3) is 5.91 Å². The van der Waals surface area contributed by atoms with Crippen molar-refractivity contribution >= 4 is 23.6 Å². The third kappa shape index (κ3) is 5.61. The van der Waals surface area contributed by atoms with Crippen LogP contribution in [0.5, 0.6) is 0 Å². The smallest absolute Gasteiger partial charge is 0.255 e. The first-order valence-corrected chi connectivity index (χ1v) is 12.9. The van der Waals surface area contributed by atoms with Crippen LogP contribution in [0.15, 0.2) is 24.3 Å². The molecule has 0 aromatic heterocycles. The lowest BCUT2D eigenvalue weighted by molar-refractivity contribution is -0.125. The van der Waals surface area contributed by atoms with Crippen molar-refractivity contribution in [2.24, 2.45) is 5.92 Å². The van der Waals surface area contributed by atoms with E-state index in [4.69, 9.17) is 0 Å². The van der Waals surface area contributed by atoms with Gasteiger partial charge in [0.05, 0.1) is 5.37 Å². The van der Waals surface area contributed by atoms with Crippen LogP contribution in [0.1, 0.15) is 61.7 Å². The van der Waals surface area contributed by atoms with Crippen LogP contribution >= 0.6 is 11.8 Å². The standard InChI is InChI=1S/C24H34FN3O2S/c25-20-11-7-10-19(16-20)23(30)28-21(17-31-24(28)18-8-3-1-4-9-18)22(29)26-12-15-27-13-5-2-6-14-27/h7,10-11,16,18,21,24H,1-6,8-9,12-15,17H2,(H,26,29)/t21-,24-/m1/s1. The van der Waals surface area contributed by atoms with Gasteiger partial charge in [0.15, 0.2) is 0 Å². The Bertz CT molecular complexity index is 765. The highest BCUT2D eigenvalue weighted by Gasteiger charge is 2.45. The number of halogens is 1. The van der Waals surface area contributed by atoms with Gasteiger partial charge in [-0.15, -0.1) is 11.8 Å². The largest absolute Gasteiger partial charge is 0.353 e. The van der Waals surface area contributed by atoms with E-state index in [0.29, 0.717) is 23.8 Å². The molecule has 0 spiro atoms. The van der Waals surface area contributed by atoms with Gasteiger partial charge in [-0.25, -0.2) is 4.39 Å². The number of likely N-dealkylation sites (tertiary alicyclic amines) is 1. The lowest BCUT2D eigenvalue weighted by Gasteiger charge is -2.35. The van der Waals surface area contributed by atoms with Crippen LogP contribution in [-0.4, -0.2) is 65.0 Å². The first-order chi connectivity index (χ1) is 15.1. The summed E-state index contributed by atoms with van der Waals surface area (Å²) in [4.78, 5) is 30.7. The number of amides is 2. The summed E-state index contributed by atoms with van der Waals surface area (Å²) >= 11 is 1.72. The van der Waals surface area contributed by atoms with Crippen LogP contribution in [0.4, 0.5) is 4.39 Å². The van der Waals surface area contributed by atoms with E-state index in [1.54, 1.807) is 28.8 Å². The Morgan fingerprint density at radius 3 is 2.55 bits per heavy atom. The molecule has 1 saturated carbocycles. The Labute approximate surface area is 189 Å². The summed E-state index contributed by atoms with van der Waals surface area (Å²) in [6.45, 7) is 3.66. The maximum absolute atomic E-state index is 13.8. The summed E-state index contributed by atoms with van der Waals surface area (Å²) in [5.41, 5.74) is 0.328. The third-order valence-corrected chi connectivity index (χ3v) is 8.33. The highest BCUT2D eigenvalue weighted by Crippen LogP contribution is 2.41. The van der Waals surface area contributed by atoms with E-state index >= 15 is 0 Å². The predicted molar refractivity (Wildman–Crippen MR) is 122 cm³/mol. The second kappa shape index (κ2) is 10.8. The number of carbonyl (C=O) groups is 2. The molecule has 3 fully saturated rings. The Kier molecular flexibility index (Phi) is 7.88. The van der Waals surface area contributed by atoms with E-state index in [0.717, 1.165) is 32.5 Å². The minimum Gasteiger partial charge on any atom is -0.353 e. The highest BCUT2D eigenvalue weighted by molar-refractivity contribution is 8.00. The molecule has 1 aliphatic carbocycles. The second-order valence-electron chi connectivity index (χ2n) is 9.05. The van der Waals surface area contributed by atoms with E-state index in [-0.39, 0.29) is 17.2 Å². The Morgan fingerprint density at radius 1 is 1.06 bits per heavy atom. The number of rotatable bonds is 6. The number of piperidine rings is 1. The zero-order chi connectivity index (χ0) is 21.6. The van der Waals surface area contributed by atoms with Gasteiger partial charge in [-0.05, 0) is 62.9 Å². The summed E-state index contributed by atoms with van der Waals surface area (Å²) in [6, 6.07) is 5.36. The molecule has 5 nitrogen and oxygen atoms in total. The van der Waals surface area contributed by atoms with Gasteiger partial charge in [-0.3, -0.25) is 9.59 Å². The van der Waals surface area contributed by atoms with Crippen molar-refractivity contribution in [3.05, 3.63) is 35.6 Å². The normalized spacial score (nSPS) is 25.5. The molecule has 3 aliphatic rings. The molecule has 31 heavy (non-hydrogen) atoms. The minimum absolute atomic E-state index is 0.00564. The molecule has 1 aromatic rings. The van der Waals surface area contributed by atoms with Crippen molar-refractivity contribution in [3.8, 4) is 0 Å². The first kappa shape index (κ1) is 22.6. The summed E-state index contributed by atoms with van der Waals surface area (Å²) in [6.07, 6.45) is 9.53. The van der Waals surface area contributed by atoms with Gasteiger partial charge in [-0.1, -0.05) is 31.7 Å². The van der Waals surface area contributed by atoms with Crippen molar-refractivity contribution in [1.82, 2.24) is 15.1 Å². The molecule has 0 unspecified atom stereocenters. The van der Waals surface area contributed by atoms with Crippen LogP contribution in [0.3, 0.4) is 0 Å². The average molecular weight is 448 g/mol. The first-order valence-electron chi connectivity index (χ1n) is 11.8. The van der Waals surface area contributed by atoms with Crippen LogP contribution in [0.25, 0.3) is 0 Å². The highest BCUT2D eigenvalue weighted by atomic mass is 32.2. The fourth-order valence-corrected chi connectivity index (χ4v) is 6.82. The Hall–Kier alpha value is -1.60. The lowest BCUT2D eigenvalue weighted by atomic mass is 9.88. The monoisotopic (exact) mass is 447 g/mol. The van der Waals surface area contributed by atoms with Gasteiger partial charge >= 0.3 is 0 Å². The van der Waals surface area contributed by atoms with Gasteiger partial charge in [0, 0.05) is 24.4 Å². The summed E-state index contributed by atoms with van der Waals surface area (Å²) in [7, 11) is 0. The van der Waals surface area contributed by atoms with Crippen molar-refractivity contribution in [3.63, 3.8) is 0 Å². The molecule has 2 amide bonds. The number of hydrogen-bond acceptors (Lipinski definition) is 4. The summed E-state index contributed by atoms with van der Waals surface area (Å²) in [5.74, 6) is 0.290. The zero-order valence-electron chi connectivity index (χ0n) is 18.2. The molecule has 7 heteroatoms. The van der Waals surface area contributed by atoms with Crippen LogP contribution < -0.4 is 5.32 Å². The SMILES string of the molecule is O=C(NCCN1CCCCC1)[C@H]1CS[C@H](C2CCCCC2)N1C(=O)c1cccc(F)c1. The molecule has 4 rings (SSSR count). The average Bonchev–Trinajstić information content (AvgIpc) is 3.25. The zero-order valence-corrected chi connectivity index (χ0v) is 19.0. The van der Waals surface area contributed by atoms with Crippen molar-refractivity contribution in [1.29, 1.82) is 0 Å². The Morgan fingerprint density at radius 2 is 1.81 bits per heavy atom. The molecule has 2 atom stereocenters. The molecule has 170 valence electrons. The lowest BCUT2D eigenvalue weighted by Crippen LogP contribution is -2.52. The number of hydrogen-bond donors (Lipinski definition) is 1. The molecule has 1 aromatic carbocycles. The van der Waals surface area contributed by atoms with Crippen molar-refractivity contribution in [2.45, 2.75) is 62.8 Å². The number of carbonyl (C=O) groups excluding carboxylic acids is 2. The fourth-order valence-electron chi connectivity index (χ4n) is 5.18. The van der Waals surface area contributed by atoms with Crippen LogP contribution in [0, 0.1) is 11.7 Å². The molecule has 0 bridgehead atoms. The third-order valence-electron chi connectivity index (χ3n) is 6.87. The van der Waals surface area contributed by atoms with Gasteiger partial charge in [-0.2, -0.15) is 0 Å². The maximum Gasteiger partial charge on any atom is 0.255 e. The maximum atomic E-state index is 13.8. The van der Waals surface area contributed by atoms with E-state index in [1.165, 1.54) is 50.7 Å². The molecular weight excluding hydrogens is 413 g/mol. The quantitative estimate of drug-likeness (QED) is 0.719. The molecular formula is C24H34FN3O2S. The number of benzene rings is 1. The Balaban J connectivity index is 1.45. The van der Waals surface area contributed by atoms with Gasteiger partial charge < -0.3 is 15.1 Å². The van der Waals surface area contributed by atoms with Gasteiger partial charge in [0.1, 0.15) is 11.9 Å². The molecule has 2 saturated heterocycles. The fraction of sp³-hybridized carbons (Fsp3) is 0.667. The topological polar surface area (TPSA) is 52.7 Å². The molecule has 1 N–H and O–H groups in total. The summed E-state index contributed by atoms with van der Waals surface area (Å²) in [5, 5.41) is 3.08. The van der Waals surface area contributed by atoms with Crippen LogP contribution in [0.2, 0.25) is 0 Å². The molecule has 2 aliphatic heterocycles. The van der Waals surface area contributed by atoms with Gasteiger partial charge in [0.2, 0.25) is 5.91 Å². The summed E-state index contributed by atoms with van der Waals surface area (Å²) < 4.78 is 13.8. The minimum atomic E-state index is -0.492. The van der Waals surface area contributed by atoms with Crippen molar-refractivity contribution in [2.75, 3.05) is 31.9 Å². The second-order valence-corrected chi connectivity index (χ2v) is 10.2. The molecule has 0 radical (unpaired) electrons. The number of nitrogens with one attached hydrogen (secondary N) is 1. The van der Waals surface area contributed by atoms with E-state index in [2.05, 4.69) is 10.2 Å². The predicted octanol–water partition coefficient (Wildman–Crippen LogP) is 3.89. The number of nitrogens with zero attached hydrogens (tertiary/aromatic N) is 2. The van der Waals surface area contributed by atoms with E-state index < -0.39 is 11.9 Å². The molecule has 2 heterocycles. The van der Waals surface area contributed by atoms with Crippen LogP contribution in [-0.2, 0) is 4.79 Å². The van der Waals surface area contributed by atoms with E-state index in [9.17, 15) is 14.0 Å². The number of thioether (sulfide) groups is 1.